The van der Waals surface area contributed by atoms with Crippen LogP contribution in [0.2, 0.25) is 0 Å². The van der Waals surface area contributed by atoms with Gasteiger partial charge in [0.15, 0.2) is 0 Å². The van der Waals surface area contributed by atoms with Gasteiger partial charge in [-0.15, -0.1) is 0 Å². The Morgan fingerprint density at radius 3 is 2.94 bits per heavy atom. The first kappa shape index (κ1) is 12.4. The lowest BCUT2D eigenvalue weighted by Crippen LogP contribution is -1.99. The van der Waals surface area contributed by atoms with Crippen molar-refractivity contribution in [1.82, 2.24) is 0 Å². The lowest BCUT2D eigenvalue weighted by atomic mass is 10.0. The topological polar surface area (TPSA) is 58.0 Å². The molecule has 0 aliphatic heterocycles. The molecule has 4 heteroatoms. The first-order valence-corrected chi connectivity index (χ1v) is 5.47. The molecule has 1 aromatic rings. The fourth-order valence-corrected chi connectivity index (χ4v) is 1.33. The summed E-state index contributed by atoms with van der Waals surface area (Å²) in [5, 5.41) is 3.45. The number of ether oxygens (including phenoxy) is 1. The van der Waals surface area contributed by atoms with E-state index in [4.69, 9.17) is 10.3 Å². The largest absolute Gasteiger partial charge is 0.494 e. The Bertz CT molecular complexity index is 370. The standard InChI is InChI=1S/C12H17N3O/c1-10(2)11-5-3-6-12(9-11)16-8-4-7-14-15-13/h3,5-6,9-10H,4,7-8H2,1-2H3. The number of rotatable bonds is 6. The maximum Gasteiger partial charge on any atom is 0.119 e. The van der Waals surface area contributed by atoms with Gasteiger partial charge in [-0.05, 0) is 35.6 Å². The van der Waals surface area contributed by atoms with Crippen LogP contribution in [-0.2, 0) is 0 Å². The second-order valence-corrected chi connectivity index (χ2v) is 3.88. The van der Waals surface area contributed by atoms with E-state index in [2.05, 4.69) is 36.0 Å². The first-order valence-electron chi connectivity index (χ1n) is 5.47. The van der Waals surface area contributed by atoms with Crippen molar-refractivity contribution in [3.8, 4) is 5.75 Å². The van der Waals surface area contributed by atoms with Gasteiger partial charge in [-0.2, -0.15) is 0 Å². The predicted octanol–water partition coefficient (Wildman–Crippen LogP) is 3.89. The lowest BCUT2D eigenvalue weighted by molar-refractivity contribution is 0.313. The maximum absolute atomic E-state index is 8.10. The van der Waals surface area contributed by atoms with E-state index < -0.39 is 0 Å². The number of benzene rings is 1. The van der Waals surface area contributed by atoms with Crippen LogP contribution in [0.3, 0.4) is 0 Å². The second kappa shape index (κ2) is 6.75. The zero-order valence-electron chi connectivity index (χ0n) is 9.76. The highest BCUT2D eigenvalue weighted by Crippen LogP contribution is 2.20. The molecule has 0 heterocycles. The summed E-state index contributed by atoms with van der Waals surface area (Å²) >= 11 is 0. The van der Waals surface area contributed by atoms with E-state index in [-0.39, 0.29) is 0 Å². The van der Waals surface area contributed by atoms with Gasteiger partial charge in [-0.1, -0.05) is 31.1 Å². The third kappa shape index (κ3) is 4.24. The number of hydrogen-bond acceptors (Lipinski definition) is 2. The zero-order valence-corrected chi connectivity index (χ0v) is 9.76. The quantitative estimate of drug-likeness (QED) is 0.310. The van der Waals surface area contributed by atoms with Crippen molar-refractivity contribution in [2.45, 2.75) is 26.2 Å². The van der Waals surface area contributed by atoms with E-state index in [1.165, 1.54) is 5.56 Å². The Morgan fingerprint density at radius 2 is 2.25 bits per heavy atom. The molecule has 0 aromatic heterocycles. The molecule has 0 saturated heterocycles. The van der Waals surface area contributed by atoms with E-state index >= 15 is 0 Å². The molecule has 0 N–H and O–H groups in total. The highest BCUT2D eigenvalue weighted by molar-refractivity contribution is 5.30. The van der Waals surface area contributed by atoms with Crippen LogP contribution >= 0.6 is 0 Å². The molecule has 0 saturated carbocycles. The van der Waals surface area contributed by atoms with E-state index in [9.17, 15) is 0 Å². The molecule has 4 nitrogen and oxygen atoms in total. The molecular formula is C12H17N3O. The molecule has 0 unspecified atom stereocenters. The van der Waals surface area contributed by atoms with Crippen LogP contribution in [0.15, 0.2) is 29.4 Å². The fraction of sp³-hybridized carbons (Fsp3) is 0.500. The SMILES string of the molecule is CC(C)c1cccc(OCCCN=[N+]=[N-])c1. The summed E-state index contributed by atoms with van der Waals surface area (Å²) in [5.74, 6) is 1.39. The third-order valence-electron chi connectivity index (χ3n) is 2.26. The van der Waals surface area contributed by atoms with Crippen molar-refractivity contribution in [3.05, 3.63) is 40.3 Å². The smallest absolute Gasteiger partial charge is 0.119 e. The summed E-state index contributed by atoms with van der Waals surface area (Å²) in [6.07, 6.45) is 0.746. The van der Waals surface area contributed by atoms with Gasteiger partial charge in [0.1, 0.15) is 5.75 Å². The molecule has 0 aliphatic rings. The molecule has 86 valence electrons. The summed E-state index contributed by atoms with van der Waals surface area (Å²) in [6.45, 7) is 5.38. The summed E-state index contributed by atoms with van der Waals surface area (Å²) in [7, 11) is 0. The van der Waals surface area contributed by atoms with Crippen LogP contribution < -0.4 is 4.74 Å². The average molecular weight is 219 g/mol. The molecule has 1 rings (SSSR count). The monoisotopic (exact) mass is 219 g/mol. The minimum absolute atomic E-state index is 0.486. The van der Waals surface area contributed by atoms with Crippen molar-refractivity contribution in [2.24, 2.45) is 5.11 Å². The van der Waals surface area contributed by atoms with Crippen LogP contribution in [0, 0.1) is 0 Å². The number of azide groups is 1. The van der Waals surface area contributed by atoms with Crippen molar-refractivity contribution in [3.63, 3.8) is 0 Å². The molecule has 0 bridgehead atoms. The normalized spacial score (nSPS) is 9.94. The van der Waals surface area contributed by atoms with Gasteiger partial charge in [-0.3, -0.25) is 0 Å². The fourth-order valence-electron chi connectivity index (χ4n) is 1.33. The van der Waals surface area contributed by atoms with Crippen molar-refractivity contribution >= 4 is 0 Å². The molecule has 0 aliphatic carbocycles. The zero-order chi connectivity index (χ0) is 11.8. The van der Waals surface area contributed by atoms with Gasteiger partial charge in [0.05, 0.1) is 6.61 Å². The van der Waals surface area contributed by atoms with Crippen LogP contribution in [0.5, 0.6) is 5.75 Å². The Balaban J connectivity index is 2.41. The van der Waals surface area contributed by atoms with E-state index in [0.29, 0.717) is 19.1 Å². The Hall–Kier alpha value is -1.67. The third-order valence-corrected chi connectivity index (χ3v) is 2.26. The highest BCUT2D eigenvalue weighted by Gasteiger charge is 2.00. The van der Waals surface area contributed by atoms with Gasteiger partial charge in [-0.25, -0.2) is 0 Å². The van der Waals surface area contributed by atoms with E-state index in [1.807, 2.05) is 12.1 Å². The molecule has 0 radical (unpaired) electrons. The van der Waals surface area contributed by atoms with E-state index in [1.54, 1.807) is 0 Å². The minimum atomic E-state index is 0.486. The predicted molar refractivity (Wildman–Crippen MR) is 64.7 cm³/mol. The molecule has 1 aromatic carbocycles. The van der Waals surface area contributed by atoms with Crippen LogP contribution in [-0.4, -0.2) is 13.2 Å². The van der Waals surface area contributed by atoms with E-state index in [0.717, 1.165) is 12.2 Å². The lowest BCUT2D eigenvalue weighted by Gasteiger charge is -2.09. The molecule has 0 fully saturated rings. The highest BCUT2D eigenvalue weighted by atomic mass is 16.5. The number of hydrogen-bond donors (Lipinski definition) is 0. The van der Waals surface area contributed by atoms with Crippen LogP contribution in [0.25, 0.3) is 10.4 Å². The molecule has 0 spiro atoms. The number of nitrogens with zero attached hydrogens (tertiary/aromatic N) is 3. The van der Waals surface area contributed by atoms with Gasteiger partial charge in [0.2, 0.25) is 0 Å². The summed E-state index contributed by atoms with van der Waals surface area (Å²) in [4.78, 5) is 2.69. The van der Waals surface area contributed by atoms with Crippen LogP contribution in [0.1, 0.15) is 31.7 Å². The summed E-state index contributed by atoms with van der Waals surface area (Å²) < 4.78 is 5.56. The Morgan fingerprint density at radius 1 is 1.44 bits per heavy atom. The summed E-state index contributed by atoms with van der Waals surface area (Å²) in [6, 6.07) is 8.09. The van der Waals surface area contributed by atoms with Gasteiger partial charge in [0, 0.05) is 11.5 Å². The molecular weight excluding hydrogens is 202 g/mol. The Labute approximate surface area is 95.9 Å². The second-order valence-electron chi connectivity index (χ2n) is 3.88. The van der Waals surface area contributed by atoms with Gasteiger partial charge < -0.3 is 4.74 Å². The first-order chi connectivity index (χ1) is 7.74. The van der Waals surface area contributed by atoms with Gasteiger partial charge >= 0.3 is 0 Å². The molecule has 0 atom stereocenters. The summed E-state index contributed by atoms with van der Waals surface area (Å²) in [5.41, 5.74) is 9.37. The van der Waals surface area contributed by atoms with Crippen LogP contribution in [0.4, 0.5) is 0 Å². The molecule has 16 heavy (non-hydrogen) atoms. The Kier molecular flexibility index (Phi) is 5.23. The van der Waals surface area contributed by atoms with Crippen molar-refractivity contribution in [2.75, 3.05) is 13.2 Å². The molecule has 0 amide bonds. The van der Waals surface area contributed by atoms with Crippen molar-refractivity contribution in [1.29, 1.82) is 0 Å². The average Bonchev–Trinajstić information content (AvgIpc) is 2.29. The van der Waals surface area contributed by atoms with Gasteiger partial charge in [0.25, 0.3) is 0 Å². The minimum Gasteiger partial charge on any atom is -0.494 e. The maximum atomic E-state index is 8.10. The van der Waals surface area contributed by atoms with Crippen molar-refractivity contribution < 1.29 is 4.74 Å².